The van der Waals surface area contributed by atoms with Crippen LogP contribution >= 0.6 is 0 Å². The molecule has 11 heteroatoms. The molecular weight excluding hydrogens is 360 g/mol. The SMILES string of the molecule is O=C1OC2C3CC(CC13)C2C(=O)OCCC(F)(F)C(F)(F)[SH](=O)=O. The summed E-state index contributed by atoms with van der Waals surface area (Å²) >= 11 is 0. The van der Waals surface area contributed by atoms with Gasteiger partial charge in [0.1, 0.15) is 6.10 Å². The van der Waals surface area contributed by atoms with Crippen LogP contribution in [0.5, 0.6) is 0 Å². The topological polar surface area (TPSA) is 86.7 Å². The van der Waals surface area contributed by atoms with E-state index in [0.717, 1.165) is 0 Å². The maximum Gasteiger partial charge on any atom is 0.404 e. The van der Waals surface area contributed by atoms with E-state index in [1.54, 1.807) is 0 Å². The first-order valence-corrected chi connectivity index (χ1v) is 8.51. The van der Waals surface area contributed by atoms with Crippen molar-refractivity contribution in [3.8, 4) is 0 Å². The quantitative estimate of drug-likeness (QED) is 0.423. The van der Waals surface area contributed by atoms with Crippen LogP contribution in [0.2, 0.25) is 0 Å². The number of ether oxygens (including phenoxy) is 2. The Morgan fingerprint density at radius 2 is 1.92 bits per heavy atom. The number of hydrogen-bond acceptors (Lipinski definition) is 6. The molecule has 5 atom stereocenters. The molecule has 24 heavy (non-hydrogen) atoms. The molecule has 0 N–H and O–H groups in total. The van der Waals surface area contributed by atoms with Crippen LogP contribution in [-0.2, 0) is 29.8 Å². The molecule has 0 aromatic carbocycles. The monoisotopic (exact) mass is 374 g/mol. The molecule has 3 fully saturated rings. The number of alkyl halides is 4. The molecular formula is C13H14F4O6S. The molecule has 0 radical (unpaired) electrons. The number of halogens is 4. The van der Waals surface area contributed by atoms with Crippen LogP contribution in [0.15, 0.2) is 0 Å². The molecule has 3 aliphatic rings. The molecule has 1 saturated heterocycles. The van der Waals surface area contributed by atoms with Crippen LogP contribution in [0.3, 0.4) is 0 Å². The second-order valence-corrected chi connectivity index (χ2v) is 7.43. The Morgan fingerprint density at radius 1 is 1.25 bits per heavy atom. The number of hydrogen-bond donors (Lipinski definition) is 1. The van der Waals surface area contributed by atoms with Gasteiger partial charge in [0, 0.05) is 5.92 Å². The third-order valence-electron chi connectivity index (χ3n) is 5.09. The van der Waals surface area contributed by atoms with Crippen LogP contribution < -0.4 is 0 Å². The molecule has 0 aromatic rings. The maximum atomic E-state index is 13.2. The van der Waals surface area contributed by atoms with E-state index >= 15 is 0 Å². The lowest BCUT2D eigenvalue weighted by molar-refractivity contribution is -0.174. The Kier molecular flexibility index (Phi) is 4.04. The predicted octanol–water partition coefficient (Wildman–Crippen LogP) is 0.957. The minimum Gasteiger partial charge on any atom is -0.465 e. The van der Waals surface area contributed by atoms with Gasteiger partial charge in [0.05, 0.1) is 24.9 Å². The average molecular weight is 374 g/mol. The Hall–Kier alpha value is -1.39. The molecule has 0 spiro atoms. The van der Waals surface area contributed by atoms with Crippen molar-refractivity contribution in [3.05, 3.63) is 0 Å². The van der Waals surface area contributed by atoms with E-state index in [1.807, 2.05) is 0 Å². The van der Waals surface area contributed by atoms with Gasteiger partial charge < -0.3 is 9.47 Å². The molecule has 0 amide bonds. The maximum absolute atomic E-state index is 13.2. The number of carbonyl (C=O) groups excluding carboxylic acids is 2. The fourth-order valence-corrected chi connectivity index (χ4v) is 4.32. The number of rotatable bonds is 6. The summed E-state index contributed by atoms with van der Waals surface area (Å²) in [7, 11) is -4.67. The highest BCUT2D eigenvalue weighted by Crippen LogP contribution is 2.57. The molecule has 1 aliphatic heterocycles. The molecule has 2 bridgehead atoms. The molecule has 136 valence electrons. The van der Waals surface area contributed by atoms with E-state index in [9.17, 15) is 35.6 Å². The largest absolute Gasteiger partial charge is 0.465 e. The van der Waals surface area contributed by atoms with Crippen LogP contribution in [0.1, 0.15) is 19.3 Å². The predicted molar refractivity (Wildman–Crippen MR) is 68.9 cm³/mol. The third-order valence-corrected chi connectivity index (χ3v) is 5.87. The van der Waals surface area contributed by atoms with Crippen molar-refractivity contribution < 1.29 is 45.0 Å². The van der Waals surface area contributed by atoms with Crippen molar-refractivity contribution in [1.82, 2.24) is 0 Å². The fourth-order valence-electron chi connectivity index (χ4n) is 3.94. The lowest BCUT2D eigenvalue weighted by Crippen LogP contribution is -2.43. The van der Waals surface area contributed by atoms with E-state index in [-0.39, 0.29) is 23.7 Å². The smallest absolute Gasteiger partial charge is 0.404 e. The summed E-state index contributed by atoms with van der Waals surface area (Å²) in [5, 5.41) is -5.21. The average Bonchev–Trinajstić information content (AvgIpc) is 3.08. The van der Waals surface area contributed by atoms with E-state index in [4.69, 9.17) is 4.74 Å². The first-order valence-electron chi connectivity index (χ1n) is 7.33. The van der Waals surface area contributed by atoms with Gasteiger partial charge in [-0.3, -0.25) is 9.59 Å². The zero-order chi connectivity index (χ0) is 17.9. The highest BCUT2D eigenvalue weighted by molar-refractivity contribution is 7.73. The first-order chi connectivity index (χ1) is 11.1. The van der Waals surface area contributed by atoms with Crippen molar-refractivity contribution >= 4 is 22.6 Å². The van der Waals surface area contributed by atoms with Gasteiger partial charge in [-0.2, -0.15) is 17.6 Å². The van der Waals surface area contributed by atoms with Crippen molar-refractivity contribution in [2.24, 2.45) is 23.7 Å². The molecule has 2 aliphatic carbocycles. The molecule has 3 rings (SSSR count). The minimum atomic E-state index is -5.21. The highest BCUT2D eigenvalue weighted by Gasteiger charge is 2.64. The standard InChI is InChI=1S/C13H14F4O6S/c14-12(15,13(16,17)24(20)21)1-2-22-11(19)8-5-3-6-7(4-5)10(18)23-9(6)8/h5-9,24H,1-4H2. The van der Waals surface area contributed by atoms with Gasteiger partial charge in [0.15, 0.2) is 0 Å². The normalized spacial score (nSPS) is 34.7. The van der Waals surface area contributed by atoms with Crippen LogP contribution in [0.4, 0.5) is 17.6 Å². The zero-order valence-electron chi connectivity index (χ0n) is 12.1. The third kappa shape index (κ3) is 2.47. The number of fused-ring (bicyclic) bond motifs is 1. The van der Waals surface area contributed by atoms with Gasteiger partial charge in [0.25, 0.3) is 0 Å². The van der Waals surface area contributed by atoms with Crippen molar-refractivity contribution in [3.63, 3.8) is 0 Å². The second kappa shape index (κ2) is 5.57. The van der Waals surface area contributed by atoms with Gasteiger partial charge in [-0.25, -0.2) is 8.42 Å². The van der Waals surface area contributed by atoms with Gasteiger partial charge in [-0.1, -0.05) is 0 Å². The van der Waals surface area contributed by atoms with Crippen molar-refractivity contribution in [2.45, 2.75) is 36.5 Å². The van der Waals surface area contributed by atoms with Crippen LogP contribution in [0.25, 0.3) is 0 Å². The fraction of sp³-hybridized carbons (Fsp3) is 0.846. The Balaban J connectivity index is 1.57. The molecule has 5 unspecified atom stereocenters. The zero-order valence-corrected chi connectivity index (χ0v) is 13.0. The summed E-state index contributed by atoms with van der Waals surface area (Å²) in [5.41, 5.74) is 0. The van der Waals surface area contributed by atoms with E-state index in [1.165, 1.54) is 0 Å². The Labute approximate surface area is 135 Å². The van der Waals surface area contributed by atoms with Gasteiger partial charge >= 0.3 is 23.1 Å². The highest BCUT2D eigenvalue weighted by atomic mass is 32.2. The second-order valence-electron chi connectivity index (χ2n) is 6.35. The summed E-state index contributed by atoms with van der Waals surface area (Å²) in [4.78, 5) is 23.6. The lowest BCUT2D eigenvalue weighted by Gasteiger charge is -2.25. The summed E-state index contributed by atoms with van der Waals surface area (Å²) in [5.74, 6) is -7.36. The summed E-state index contributed by atoms with van der Waals surface area (Å²) in [6, 6.07) is 0. The Morgan fingerprint density at radius 3 is 2.54 bits per heavy atom. The summed E-state index contributed by atoms with van der Waals surface area (Å²) in [6.07, 6.45) is -1.20. The molecule has 2 saturated carbocycles. The van der Waals surface area contributed by atoms with Crippen molar-refractivity contribution in [1.29, 1.82) is 0 Å². The van der Waals surface area contributed by atoms with Crippen molar-refractivity contribution in [2.75, 3.05) is 6.61 Å². The molecule has 0 aromatic heterocycles. The Bertz CT molecular complexity index is 640. The van der Waals surface area contributed by atoms with Gasteiger partial charge in [-0.05, 0) is 18.8 Å². The number of thiol groups is 1. The van der Waals surface area contributed by atoms with Crippen LogP contribution in [0, 0.1) is 23.7 Å². The summed E-state index contributed by atoms with van der Waals surface area (Å²) < 4.78 is 82.5. The summed E-state index contributed by atoms with van der Waals surface area (Å²) in [6.45, 7) is -1.05. The minimum absolute atomic E-state index is 0.0877. The van der Waals surface area contributed by atoms with Gasteiger partial charge in [-0.15, -0.1) is 0 Å². The molecule has 1 heterocycles. The number of carbonyl (C=O) groups is 2. The number of esters is 2. The van der Waals surface area contributed by atoms with E-state index in [2.05, 4.69) is 4.74 Å². The van der Waals surface area contributed by atoms with Crippen LogP contribution in [-0.4, -0.2) is 44.2 Å². The van der Waals surface area contributed by atoms with Gasteiger partial charge in [0.2, 0.25) is 10.7 Å². The van der Waals surface area contributed by atoms with E-state index < -0.39 is 52.9 Å². The lowest BCUT2D eigenvalue weighted by atomic mass is 9.82. The first kappa shape index (κ1) is 17.4. The molecule has 6 nitrogen and oxygen atoms in total. The van der Waals surface area contributed by atoms with E-state index in [0.29, 0.717) is 12.8 Å².